The summed E-state index contributed by atoms with van der Waals surface area (Å²) < 4.78 is 29.1. The Hall–Kier alpha value is -3.89. The number of aliphatic carboxylic acids is 1. The molecule has 0 unspecified atom stereocenters. The van der Waals surface area contributed by atoms with Crippen molar-refractivity contribution in [2.45, 2.75) is 74.9 Å². The third kappa shape index (κ3) is 10.4. The largest absolute Gasteiger partial charge is 0.478 e. The normalized spacial score (nSPS) is 29.1. The van der Waals surface area contributed by atoms with Gasteiger partial charge >= 0.3 is 11.9 Å². The maximum Gasteiger partial charge on any atom is 0.339 e. The molecule has 0 amide bonds. The van der Waals surface area contributed by atoms with Gasteiger partial charge in [0.15, 0.2) is 18.4 Å². The number of carbonyl (C=O) groups is 2. The molecule has 3 heterocycles. The number of esters is 1. The number of allylic oxidation sites excluding steroid dienone is 1. The summed E-state index contributed by atoms with van der Waals surface area (Å²) in [5, 5.41) is 76.7. The Morgan fingerprint density at radius 3 is 2.56 bits per heavy atom. The number of aliphatic hydroxyl groups is 6. The summed E-state index contributed by atoms with van der Waals surface area (Å²) in [5.41, 5.74) is 6.48. The van der Waals surface area contributed by atoms with Gasteiger partial charge in [-0.15, -0.1) is 6.58 Å². The van der Waals surface area contributed by atoms with Crippen molar-refractivity contribution < 1.29 is 69.0 Å². The van der Waals surface area contributed by atoms with Crippen LogP contribution in [-0.2, 0) is 33.3 Å². The van der Waals surface area contributed by atoms with Crippen LogP contribution < -0.4 is 16.4 Å². The Morgan fingerprint density at radius 1 is 1.19 bits per heavy atom. The molecule has 0 bridgehead atoms. The molecule has 54 heavy (non-hydrogen) atoms. The van der Waals surface area contributed by atoms with Crippen molar-refractivity contribution in [2.75, 3.05) is 53.2 Å². The fraction of sp³-hybridized carbons (Fsp3) is 0.629. The monoisotopic (exact) mass is 767 g/mol. The van der Waals surface area contributed by atoms with Gasteiger partial charge in [0.25, 0.3) is 0 Å². The third-order valence-electron chi connectivity index (χ3n) is 9.37. The first-order valence-corrected chi connectivity index (χ1v) is 17.8. The number of aliphatic imine (C=N–C) groups is 1. The van der Waals surface area contributed by atoms with E-state index < -0.39 is 67.1 Å². The number of nitrogens with one attached hydrogen (secondary N) is 2. The smallest absolute Gasteiger partial charge is 0.339 e. The number of ether oxygens (including phenoxy) is 5. The molecule has 1 saturated heterocycles. The number of rotatable bonds is 18. The van der Waals surface area contributed by atoms with Gasteiger partial charge in [-0.3, -0.25) is 10.3 Å². The number of nitrogens with two attached hydrogens (primary N) is 1. The van der Waals surface area contributed by atoms with Crippen LogP contribution in [0, 0.1) is 11.8 Å². The maximum absolute atomic E-state index is 13.7. The van der Waals surface area contributed by atoms with Crippen molar-refractivity contribution in [1.82, 2.24) is 15.5 Å². The van der Waals surface area contributed by atoms with Crippen LogP contribution in [0.5, 0.6) is 0 Å². The number of carbonyl (C=O) groups excluding carboxylic acids is 1. The summed E-state index contributed by atoms with van der Waals surface area (Å²) in [6.07, 6.45) is 2.26. The Balaban J connectivity index is 1.76. The fourth-order valence-corrected chi connectivity index (χ4v) is 6.56. The minimum Gasteiger partial charge on any atom is -0.478 e. The maximum atomic E-state index is 13.7. The van der Waals surface area contributed by atoms with Crippen molar-refractivity contribution in [3.8, 4) is 0 Å². The molecule has 302 valence electrons. The quantitative estimate of drug-likeness (QED) is 0.0178. The molecule has 0 radical (unpaired) electrons. The lowest BCUT2D eigenvalue weighted by Gasteiger charge is -2.47. The predicted octanol–water partition coefficient (Wildman–Crippen LogP) is -2.16. The van der Waals surface area contributed by atoms with Crippen molar-refractivity contribution in [2.24, 2.45) is 22.6 Å². The Kier molecular flexibility index (Phi) is 16.0. The first kappa shape index (κ1) is 42.8. The van der Waals surface area contributed by atoms with Crippen LogP contribution in [0.15, 0.2) is 64.7 Å². The minimum absolute atomic E-state index is 0.0787. The van der Waals surface area contributed by atoms with Crippen molar-refractivity contribution in [3.63, 3.8) is 0 Å². The van der Waals surface area contributed by atoms with E-state index >= 15 is 0 Å². The Bertz CT molecular complexity index is 1460. The topological polar surface area (TPSA) is 288 Å². The zero-order valence-corrected chi connectivity index (χ0v) is 30.2. The summed E-state index contributed by atoms with van der Waals surface area (Å²) >= 11 is 0. The van der Waals surface area contributed by atoms with E-state index in [4.69, 9.17) is 34.5 Å². The Morgan fingerprint density at radius 2 is 1.93 bits per heavy atom. The molecule has 1 saturated carbocycles. The van der Waals surface area contributed by atoms with Crippen LogP contribution in [0.25, 0.3) is 0 Å². The molecule has 11 N–H and O–H groups in total. The molecule has 4 aliphatic rings. The van der Waals surface area contributed by atoms with Crippen LogP contribution in [0.3, 0.4) is 0 Å². The van der Waals surface area contributed by atoms with E-state index in [0.717, 1.165) is 19.1 Å². The zero-order chi connectivity index (χ0) is 39.4. The Labute approximate surface area is 312 Å². The fourth-order valence-electron chi connectivity index (χ4n) is 6.56. The SMILES string of the molecule is C=C[C@H]1[C@H](O[C@@H]2O[C@H](CO)[C@@H](O)C(O)(O)[C@H]2OCNC)OC=C(C(=O)OC2CCCC2)[C@H]1/C=C/C1=C(NC(N)=NCCCO)C(C(=O)O)=CN(CCO)C1. The second-order valence-electron chi connectivity index (χ2n) is 13.2. The van der Waals surface area contributed by atoms with Crippen LogP contribution in [-0.4, -0.2) is 155 Å². The highest BCUT2D eigenvalue weighted by Crippen LogP contribution is 2.39. The van der Waals surface area contributed by atoms with Crippen molar-refractivity contribution in [1.29, 1.82) is 0 Å². The number of aliphatic hydroxyl groups excluding tert-OH is 4. The first-order chi connectivity index (χ1) is 25.9. The lowest BCUT2D eigenvalue weighted by molar-refractivity contribution is -0.410. The van der Waals surface area contributed by atoms with Gasteiger partial charge in [-0.1, -0.05) is 18.2 Å². The van der Waals surface area contributed by atoms with Crippen LogP contribution >= 0.6 is 0 Å². The van der Waals surface area contributed by atoms with E-state index in [2.05, 4.69) is 22.2 Å². The molecule has 3 aliphatic heterocycles. The van der Waals surface area contributed by atoms with Crippen LogP contribution in [0.2, 0.25) is 0 Å². The molecule has 1 aliphatic carbocycles. The van der Waals surface area contributed by atoms with Crippen molar-refractivity contribution >= 4 is 17.9 Å². The number of hydrogen-bond acceptors (Lipinski definition) is 16. The van der Waals surface area contributed by atoms with Crippen LogP contribution in [0.4, 0.5) is 0 Å². The number of hydrogen-bond donors (Lipinski definition) is 10. The van der Waals surface area contributed by atoms with Crippen molar-refractivity contribution in [3.05, 3.63) is 59.7 Å². The van der Waals surface area contributed by atoms with Gasteiger partial charge < -0.3 is 75.4 Å². The molecular weight excluding hydrogens is 714 g/mol. The number of β-amino-alcohol motifs (C(OH)–C–C–N with tert-alkyl or cyclic N) is 1. The van der Waals surface area contributed by atoms with Crippen LogP contribution in [0.1, 0.15) is 32.1 Å². The van der Waals surface area contributed by atoms with E-state index in [1.54, 1.807) is 17.1 Å². The highest BCUT2D eigenvalue weighted by Gasteiger charge is 2.57. The highest BCUT2D eigenvalue weighted by atomic mass is 16.8. The summed E-state index contributed by atoms with van der Waals surface area (Å²) in [6, 6.07) is 0. The molecule has 19 nitrogen and oxygen atoms in total. The highest BCUT2D eigenvalue weighted by molar-refractivity contribution is 5.95. The molecular formula is C35H53N5O14. The van der Waals surface area contributed by atoms with E-state index in [1.165, 1.54) is 19.3 Å². The third-order valence-corrected chi connectivity index (χ3v) is 9.37. The van der Waals surface area contributed by atoms with Gasteiger partial charge in [0.2, 0.25) is 12.1 Å². The van der Waals surface area contributed by atoms with E-state index in [0.29, 0.717) is 24.8 Å². The summed E-state index contributed by atoms with van der Waals surface area (Å²) in [6.45, 7) is 2.91. The summed E-state index contributed by atoms with van der Waals surface area (Å²) in [5.74, 6) is -6.82. The predicted molar refractivity (Wildman–Crippen MR) is 189 cm³/mol. The van der Waals surface area contributed by atoms with Gasteiger partial charge in [0.05, 0.1) is 49.0 Å². The average molecular weight is 768 g/mol. The summed E-state index contributed by atoms with van der Waals surface area (Å²) in [7, 11) is 1.54. The van der Waals surface area contributed by atoms with Gasteiger partial charge in [0.1, 0.15) is 18.3 Å². The molecule has 0 aromatic heterocycles. The molecule has 2 fully saturated rings. The van der Waals surface area contributed by atoms with E-state index in [9.17, 15) is 40.2 Å². The average Bonchev–Trinajstić information content (AvgIpc) is 3.65. The van der Waals surface area contributed by atoms with E-state index in [1.807, 2.05) is 0 Å². The van der Waals surface area contributed by atoms with E-state index in [-0.39, 0.29) is 68.5 Å². The molecule has 4 rings (SSSR count). The second-order valence-corrected chi connectivity index (χ2v) is 13.2. The summed E-state index contributed by atoms with van der Waals surface area (Å²) in [4.78, 5) is 31.9. The second kappa shape index (κ2) is 20.1. The number of carboxylic acids is 1. The molecule has 7 atom stereocenters. The molecule has 0 aromatic rings. The van der Waals surface area contributed by atoms with Gasteiger partial charge in [0, 0.05) is 38.4 Å². The molecule has 0 aromatic carbocycles. The first-order valence-electron chi connectivity index (χ1n) is 17.8. The molecule has 0 spiro atoms. The lowest BCUT2D eigenvalue weighted by atomic mass is 9.83. The van der Waals surface area contributed by atoms with Gasteiger partial charge in [-0.25, -0.2) is 9.59 Å². The lowest BCUT2D eigenvalue weighted by Crippen LogP contribution is -2.69. The van der Waals surface area contributed by atoms with Gasteiger partial charge in [-0.2, -0.15) is 0 Å². The number of nitrogens with zero attached hydrogens (tertiary/aromatic N) is 2. The minimum atomic E-state index is -2.94. The zero-order valence-electron chi connectivity index (χ0n) is 30.2. The van der Waals surface area contributed by atoms with Gasteiger partial charge in [-0.05, 0) is 44.7 Å². The standard InChI is InChI=1S/C35H53N5O14/c1-3-22-23(10-9-20-15-40(12-14-42)16-24(30(45)46)27(20)39-34(36)38-11-6-13-41)25(31(47)52-21-7-4-5-8-21)18-50-32(22)54-33-29(51-19-37-2)35(48,49)28(44)26(17-43)53-33/h3,9-10,16,18,21-23,26,28-29,32-33,37,41-44,48-49H,1,4-8,11-15,17,19H2,2H3,(H,45,46)(H3,36,38,39)/b10-9+/t22-,23+,26-,28-,29+,32+,33+/m1/s1. The number of guanidine groups is 1. The molecule has 19 heteroatoms. The number of carboxylic acid groups (broad SMARTS) is 1.